The lowest BCUT2D eigenvalue weighted by molar-refractivity contribution is -0.198. The molecule has 0 saturated carbocycles. The van der Waals surface area contributed by atoms with E-state index in [9.17, 15) is 14.4 Å². The minimum absolute atomic E-state index is 0.0883. The molecule has 1 heterocycles. The molecule has 1 aliphatic rings. The Kier molecular flexibility index (Phi) is 7.15. The predicted molar refractivity (Wildman–Crippen MR) is 88.8 cm³/mol. The summed E-state index contributed by atoms with van der Waals surface area (Å²) in [5, 5.41) is 0.567. The number of rotatable bonds is 6. The Hall–Kier alpha value is -0.600. The van der Waals surface area contributed by atoms with Crippen molar-refractivity contribution in [2.75, 3.05) is 5.75 Å². The summed E-state index contributed by atoms with van der Waals surface area (Å²) in [6.45, 7) is 5.43. The quantitative estimate of drug-likeness (QED) is 0.415. The summed E-state index contributed by atoms with van der Waals surface area (Å²) < 4.78 is -0.288. The maximum absolute atomic E-state index is 12.1. The fourth-order valence-electron chi connectivity index (χ4n) is 1.43. The highest BCUT2D eigenvalue weighted by Crippen LogP contribution is 2.33. The van der Waals surface area contributed by atoms with E-state index in [1.807, 2.05) is 0 Å². The summed E-state index contributed by atoms with van der Waals surface area (Å²) in [7, 11) is 0. The Labute approximate surface area is 138 Å². The van der Waals surface area contributed by atoms with Crippen LogP contribution in [-0.4, -0.2) is 36.9 Å². The number of unbranched alkanes of at least 4 members (excludes halogenated alkanes) is 1. The first-order valence-corrected chi connectivity index (χ1v) is 8.93. The van der Waals surface area contributed by atoms with Gasteiger partial charge in [-0.2, -0.15) is 0 Å². The van der Waals surface area contributed by atoms with Crippen molar-refractivity contribution in [1.29, 1.82) is 0 Å². The van der Waals surface area contributed by atoms with Crippen LogP contribution < -0.4 is 0 Å². The summed E-state index contributed by atoms with van der Waals surface area (Å²) in [5.74, 6) is -0.686. The van der Waals surface area contributed by atoms with Gasteiger partial charge in [0, 0.05) is 12.8 Å². The molecule has 5 nitrogen and oxygen atoms in total. The lowest BCUT2D eigenvalue weighted by Gasteiger charge is -2.23. The fraction of sp³-hybridized carbons (Fsp3) is 0.692. The molecule has 1 fully saturated rings. The van der Waals surface area contributed by atoms with Crippen LogP contribution in [0.3, 0.4) is 0 Å². The predicted octanol–water partition coefficient (Wildman–Crippen LogP) is 2.92. The van der Waals surface area contributed by atoms with Gasteiger partial charge in [-0.3, -0.25) is 9.59 Å². The summed E-state index contributed by atoms with van der Waals surface area (Å²) in [4.78, 5) is 39.9. The summed E-state index contributed by atoms with van der Waals surface area (Å²) >= 11 is 7.98. The van der Waals surface area contributed by atoms with Crippen molar-refractivity contribution >= 4 is 57.1 Å². The molecular weight excluding hydrogens is 330 g/mol. The van der Waals surface area contributed by atoms with E-state index in [1.165, 1.54) is 23.5 Å². The maximum atomic E-state index is 12.1. The summed E-state index contributed by atoms with van der Waals surface area (Å²) in [6, 6.07) is 0. The van der Waals surface area contributed by atoms with Crippen molar-refractivity contribution in [2.24, 2.45) is 0 Å². The standard InChI is InChI=1S/C13H19NO4S3/c1-4-5-8-20-12(19)21-13(2,3)11(17)18-14-9(15)6-7-10(14)16/h4-8H2,1-3H3. The van der Waals surface area contributed by atoms with Crippen LogP contribution in [0.15, 0.2) is 0 Å². The molecule has 0 spiro atoms. The van der Waals surface area contributed by atoms with E-state index < -0.39 is 22.5 Å². The maximum Gasteiger partial charge on any atom is 0.348 e. The van der Waals surface area contributed by atoms with Gasteiger partial charge in [-0.1, -0.05) is 37.3 Å². The molecule has 21 heavy (non-hydrogen) atoms. The smallest absolute Gasteiger partial charge is 0.329 e. The van der Waals surface area contributed by atoms with Gasteiger partial charge in [-0.25, -0.2) is 4.79 Å². The first-order valence-electron chi connectivity index (χ1n) is 6.72. The number of thiocarbonyl (C=S) groups is 1. The second kappa shape index (κ2) is 8.14. The average Bonchev–Trinajstić information content (AvgIpc) is 2.70. The molecule has 0 radical (unpaired) electrons. The summed E-state index contributed by atoms with van der Waals surface area (Å²) in [6.07, 6.45) is 2.33. The van der Waals surface area contributed by atoms with Crippen LogP contribution in [-0.2, 0) is 19.2 Å². The molecule has 1 saturated heterocycles. The molecule has 0 aliphatic carbocycles. The SMILES string of the molecule is CCCCSC(=S)SC(C)(C)C(=O)ON1C(=O)CCC1=O. The second-order valence-electron chi connectivity index (χ2n) is 5.02. The minimum atomic E-state index is -0.945. The zero-order valence-corrected chi connectivity index (χ0v) is 14.8. The fourth-order valence-corrected chi connectivity index (χ4v) is 4.55. The zero-order valence-electron chi connectivity index (χ0n) is 12.3. The number of thioether (sulfide) groups is 2. The van der Waals surface area contributed by atoms with Crippen molar-refractivity contribution in [3.05, 3.63) is 0 Å². The molecule has 8 heteroatoms. The van der Waals surface area contributed by atoms with Crippen molar-refractivity contribution in [3.8, 4) is 0 Å². The van der Waals surface area contributed by atoms with E-state index in [2.05, 4.69) is 6.92 Å². The van der Waals surface area contributed by atoms with Gasteiger partial charge in [-0.05, 0) is 26.0 Å². The van der Waals surface area contributed by atoms with Gasteiger partial charge in [0.15, 0.2) is 0 Å². The number of hydrogen-bond donors (Lipinski definition) is 0. The lowest BCUT2D eigenvalue weighted by atomic mass is 10.2. The number of carbonyl (C=O) groups excluding carboxylic acids is 3. The van der Waals surface area contributed by atoms with Crippen LogP contribution >= 0.6 is 35.7 Å². The lowest BCUT2D eigenvalue weighted by Crippen LogP contribution is -2.40. The van der Waals surface area contributed by atoms with Crippen molar-refractivity contribution in [2.45, 2.75) is 51.2 Å². The molecular formula is C13H19NO4S3. The molecule has 0 aromatic heterocycles. The van der Waals surface area contributed by atoms with Gasteiger partial charge in [-0.15, -0.1) is 16.8 Å². The highest BCUT2D eigenvalue weighted by molar-refractivity contribution is 8.47. The molecule has 0 bridgehead atoms. The molecule has 0 atom stereocenters. The number of imide groups is 1. The van der Waals surface area contributed by atoms with Gasteiger partial charge in [0.2, 0.25) is 0 Å². The first-order chi connectivity index (χ1) is 9.77. The Morgan fingerprint density at radius 2 is 1.90 bits per heavy atom. The van der Waals surface area contributed by atoms with Gasteiger partial charge in [0.25, 0.3) is 11.8 Å². The molecule has 0 aromatic rings. The third-order valence-electron chi connectivity index (χ3n) is 2.73. The largest absolute Gasteiger partial charge is 0.348 e. The van der Waals surface area contributed by atoms with E-state index in [0.717, 1.165) is 18.6 Å². The van der Waals surface area contributed by atoms with Gasteiger partial charge in [0.05, 0.1) is 0 Å². The van der Waals surface area contributed by atoms with E-state index >= 15 is 0 Å². The van der Waals surface area contributed by atoms with E-state index in [0.29, 0.717) is 8.59 Å². The number of nitrogens with zero attached hydrogens (tertiary/aromatic N) is 1. The normalized spacial score (nSPS) is 15.5. The number of amides is 2. The van der Waals surface area contributed by atoms with Crippen LogP contribution in [0.2, 0.25) is 0 Å². The van der Waals surface area contributed by atoms with Gasteiger partial charge >= 0.3 is 5.97 Å². The van der Waals surface area contributed by atoms with Crippen LogP contribution in [0.4, 0.5) is 0 Å². The Bertz CT molecular complexity index is 435. The monoisotopic (exact) mass is 349 g/mol. The second-order valence-corrected chi connectivity index (χ2v) is 8.95. The third-order valence-corrected chi connectivity index (χ3v) is 5.51. The summed E-state index contributed by atoms with van der Waals surface area (Å²) in [5.41, 5.74) is 0. The molecule has 2 amide bonds. The Morgan fingerprint density at radius 1 is 1.33 bits per heavy atom. The van der Waals surface area contributed by atoms with E-state index in [1.54, 1.807) is 13.8 Å². The van der Waals surface area contributed by atoms with Crippen LogP contribution in [0.5, 0.6) is 0 Å². The van der Waals surface area contributed by atoms with E-state index in [4.69, 9.17) is 17.1 Å². The Balaban J connectivity index is 2.52. The number of carbonyl (C=O) groups is 3. The molecule has 118 valence electrons. The van der Waals surface area contributed by atoms with Crippen LogP contribution in [0, 0.1) is 0 Å². The van der Waals surface area contributed by atoms with Crippen LogP contribution in [0.1, 0.15) is 46.5 Å². The minimum Gasteiger partial charge on any atom is -0.329 e. The third kappa shape index (κ3) is 5.60. The molecule has 0 aromatic carbocycles. The molecule has 0 N–H and O–H groups in total. The Morgan fingerprint density at radius 3 is 2.43 bits per heavy atom. The topological polar surface area (TPSA) is 63.7 Å². The van der Waals surface area contributed by atoms with Crippen LogP contribution in [0.25, 0.3) is 0 Å². The molecule has 0 unspecified atom stereocenters. The highest BCUT2D eigenvalue weighted by Gasteiger charge is 2.39. The molecule has 1 rings (SSSR count). The van der Waals surface area contributed by atoms with Crippen molar-refractivity contribution in [3.63, 3.8) is 0 Å². The number of hydrogen-bond acceptors (Lipinski definition) is 7. The molecule has 1 aliphatic heterocycles. The van der Waals surface area contributed by atoms with Crippen molar-refractivity contribution in [1.82, 2.24) is 5.06 Å². The number of hydroxylamine groups is 2. The van der Waals surface area contributed by atoms with Crippen molar-refractivity contribution < 1.29 is 19.2 Å². The van der Waals surface area contributed by atoms with Gasteiger partial charge < -0.3 is 4.84 Å². The zero-order chi connectivity index (χ0) is 16.0. The first kappa shape index (κ1) is 18.4. The van der Waals surface area contributed by atoms with Gasteiger partial charge in [0.1, 0.15) is 8.28 Å². The highest BCUT2D eigenvalue weighted by atomic mass is 32.2. The average molecular weight is 349 g/mol. The van der Waals surface area contributed by atoms with E-state index in [-0.39, 0.29) is 12.8 Å².